The highest BCUT2D eigenvalue weighted by Gasteiger charge is 2.36. The first-order valence-electron chi connectivity index (χ1n) is 8.59. The number of fused-ring (bicyclic) bond motifs is 1. The smallest absolute Gasteiger partial charge is 0.266 e. The normalized spacial score (nSPS) is 13.1. The summed E-state index contributed by atoms with van der Waals surface area (Å²) in [5.41, 5.74) is 4.07. The lowest BCUT2D eigenvalue weighted by atomic mass is 10.1. The van der Waals surface area contributed by atoms with Crippen LogP contribution in [0.5, 0.6) is 0 Å². The summed E-state index contributed by atoms with van der Waals surface area (Å²) < 4.78 is 0. The summed E-state index contributed by atoms with van der Waals surface area (Å²) in [4.78, 5) is 37.2. The van der Waals surface area contributed by atoms with Crippen LogP contribution in [0.25, 0.3) is 0 Å². The van der Waals surface area contributed by atoms with Crippen molar-refractivity contribution in [3.05, 3.63) is 77.1 Å². The van der Waals surface area contributed by atoms with Gasteiger partial charge in [-0.3, -0.25) is 9.59 Å². The first-order chi connectivity index (χ1) is 13.0. The van der Waals surface area contributed by atoms with E-state index in [1.54, 1.807) is 36.4 Å². The van der Waals surface area contributed by atoms with Crippen molar-refractivity contribution in [2.45, 2.75) is 13.8 Å². The molecule has 0 atom stereocenters. The Hall–Kier alpha value is -3.54. The summed E-state index contributed by atoms with van der Waals surface area (Å²) in [5.74, 6) is 0.00433. The highest BCUT2D eigenvalue weighted by Crippen LogP contribution is 2.30. The average Bonchev–Trinajstić information content (AvgIpc) is 2.92. The Bertz CT molecular complexity index is 1000. The van der Waals surface area contributed by atoms with Crippen molar-refractivity contribution in [3.8, 4) is 0 Å². The zero-order chi connectivity index (χ0) is 19.1. The number of imide groups is 1. The molecule has 0 spiro atoms. The van der Waals surface area contributed by atoms with Crippen LogP contribution in [-0.2, 0) is 0 Å². The lowest BCUT2D eigenvalue weighted by molar-refractivity contribution is 0.0926. The van der Waals surface area contributed by atoms with Gasteiger partial charge >= 0.3 is 0 Å². The Labute approximate surface area is 157 Å². The first kappa shape index (κ1) is 16.9. The van der Waals surface area contributed by atoms with Gasteiger partial charge in [0.05, 0.1) is 16.8 Å². The van der Waals surface area contributed by atoms with E-state index < -0.39 is 0 Å². The van der Waals surface area contributed by atoms with Crippen molar-refractivity contribution >= 4 is 29.1 Å². The third kappa shape index (κ3) is 2.85. The number of hydrogen-bond donors (Lipinski definition) is 0. The highest BCUT2D eigenvalue weighted by atomic mass is 16.2. The van der Waals surface area contributed by atoms with Crippen LogP contribution in [0.4, 0.5) is 17.3 Å². The predicted octanol–water partition coefficient (Wildman–Crippen LogP) is 3.66. The van der Waals surface area contributed by atoms with Crippen LogP contribution in [0, 0.1) is 13.8 Å². The summed E-state index contributed by atoms with van der Waals surface area (Å²) in [7, 11) is 1.88. The number of carbonyl (C=O) groups is 2. The van der Waals surface area contributed by atoms with Gasteiger partial charge in [-0.25, -0.2) is 14.9 Å². The van der Waals surface area contributed by atoms with Crippen LogP contribution in [0.2, 0.25) is 0 Å². The molecule has 6 heteroatoms. The minimum absolute atomic E-state index is 0.297. The molecule has 6 nitrogen and oxygen atoms in total. The largest absolute Gasteiger partial charge is 0.314 e. The van der Waals surface area contributed by atoms with Gasteiger partial charge < -0.3 is 4.90 Å². The monoisotopic (exact) mass is 358 g/mol. The van der Waals surface area contributed by atoms with Crippen LogP contribution >= 0.6 is 0 Å². The maximum Gasteiger partial charge on any atom is 0.266 e. The number of benzene rings is 2. The van der Waals surface area contributed by atoms with Crippen LogP contribution in [0.3, 0.4) is 0 Å². The molecule has 1 aliphatic rings. The van der Waals surface area contributed by atoms with E-state index in [1.807, 2.05) is 44.0 Å². The fourth-order valence-corrected chi connectivity index (χ4v) is 3.22. The molecule has 2 amide bonds. The van der Waals surface area contributed by atoms with Gasteiger partial charge in [-0.15, -0.1) is 0 Å². The third-order valence-electron chi connectivity index (χ3n) is 4.56. The predicted molar refractivity (Wildman–Crippen MR) is 104 cm³/mol. The van der Waals surface area contributed by atoms with Crippen molar-refractivity contribution in [1.29, 1.82) is 0 Å². The van der Waals surface area contributed by atoms with Crippen molar-refractivity contribution in [1.82, 2.24) is 9.97 Å². The number of aryl methyl sites for hydroxylation is 2. The lowest BCUT2D eigenvalue weighted by Gasteiger charge is -2.20. The van der Waals surface area contributed by atoms with Gasteiger partial charge in [0, 0.05) is 24.1 Å². The standard InChI is InChI=1S/C21H18N4O2/c1-13-12-14(2)23-21(22-13)24(3)15-8-10-16(11-9-15)25-19(26)17-6-4-5-7-18(17)20(25)27/h4-12H,1-3H3. The summed E-state index contributed by atoms with van der Waals surface area (Å²) >= 11 is 0. The highest BCUT2D eigenvalue weighted by molar-refractivity contribution is 6.34. The topological polar surface area (TPSA) is 66.4 Å². The molecule has 0 fully saturated rings. The van der Waals surface area contributed by atoms with Crippen molar-refractivity contribution in [2.75, 3.05) is 16.8 Å². The molecular weight excluding hydrogens is 340 g/mol. The van der Waals surface area contributed by atoms with E-state index >= 15 is 0 Å². The molecule has 27 heavy (non-hydrogen) atoms. The molecule has 3 aromatic rings. The molecule has 0 aliphatic carbocycles. The zero-order valence-electron chi connectivity index (χ0n) is 15.3. The van der Waals surface area contributed by atoms with Crippen LogP contribution in [0.15, 0.2) is 54.6 Å². The Morgan fingerprint density at radius 2 is 1.33 bits per heavy atom. The van der Waals surface area contributed by atoms with Gasteiger partial charge in [0.15, 0.2) is 0 Å². The van der Waals surface area contributed by atoms with E-state index in [0.29, 0.717) is 22.8 Å². The minimum atomic E-state index is -0.297. The van der Waals surface area contributed by atoms with E-state index in [1.165, 1.54) is 4.90 Å². The Balaban J connectivity index is 1.63. The summed E-state index contributed by atoms with van der Waals surface area (Å²) in [6.45, 7) is 3.86. The average molecular weight is 358 g/mol. The molecule has 0 saturated carbocycles. The van der Waals surface area contributed by atoms with E-state index in [0.717, 1.165) is 17.1 Å². The fourth-order valence-electron chi connectivity index (χ4n) is 3.22. The molecule has 1 aromatic heterocycles. The quantitative estimate of drug-likeness (QED) is 0.669. The van der Waals surface area contributed by atoms with Gasteiger partial charge in [0.25, 0.3) is 11.8 Å². The minimum Gasteiger partial charge on any atom is -0.314 e. The molecule has 0 unspecified atom stereocenters. The first-order valence-corrected chi connectivity index (χ1v) is 8.59. The molecule has 0 radical (unpaired) electrons. The lowest BCUT2D eigenvalue weighted by Crippen LogP contribution is -2.29. The molecule has 0 saturated heterocycles. The number of rotatable bonds is 3. The van der Waals surface area contributed by atoms with Gasteiger partial charge in [-0.05, 0) is 56.3 Å². The summed E-state index contributed by atoms with van der Waals surface area (Å²) in [6, 6.07) is 16.0. The number of anilines is 3. The maximum atomic E-state index is 12.6. The molecular formula is C21H18N4O2. The van der Waals surface area contributed by atoms with Crippen LogP contribution in [0.1, 0.15) is 32.1 Å². The summed E-state index contributed by atoms with van der Waals surface area (Å²) in [6.07, 6.45) is 0. The van der Waals surface area contributed by atoms with Gasteiger partial charge in [0.2, 0.25) is 5.95 Å². The number of nitrogens with zero attached hydrogens (tertiary/aromatic N) is 4. The fraction of sp³-hybridized carbons (Fsp3) is 0.143. The molecule has 0 N–H and O–H groups in total. The molecule has 2 heterocycles. The molecule has 0 bridgehead atoms. The second-order valence-corrected chi connectivity index (χ2v) is 6.52. The SMILES string of the molecule is Cc1cc(C)nc(N(C)c2ccc(N3C(=O)c4ccccc4C3=O)cc2)n1. The second kappa shape index (κ2) is 6.32. The van der Waals surface area contributed by atoms with Crippen LogP contribution in [-0.4, -0.2) is 28.8 Å². The van der Waals surface area contributed by atoms with Gasteiger partial charge in [-0.2, -0.15) is 0 Å². The Morgan fingerprint density at radius 1 is 0.815 bits per heavy atom. The maximum absolute atomic E-state index is 12.6. The van der Waals surface area contributed by atoms with Crippen molar-refractivity contribution in [2.24, 2.45) is 0 Å². The molecule has 1 aliphatic heterocycles. The Kier molecular flexibility index (Phi) is 3.96. The number of amides is 2. The third-order valence-corrected chi connectivity index (χ3v) is 4.56. The number of aromatic nitrogens is 2. The van der Waals surface area contributed by atoms with Gasteiger partial charge in [0.1, 0.15) is 0 Å². The van der Waals surface area contributed by atoms with Crippen molar-refractivity contribution < 1.29 is 9.59 Å². The van der Waals surface area contributed by atoms with E-state index in [-0.39, 0.29) is 11.8 Å². The van der Waals surface area contributed by atoms with Crippen molar-refractivity contribution in [3.63, 3.8) is 0 Å². The molecule has 2 aromatic carbocycles. The zero-order valence-corrected chi connectivity index (χ0v) is 15.3. The van der Waals surface area contributed by atoms with E-state index in [4.69, 9.17) is 0 Å². The van der Waals surface area contributed by atoms with E-state index in [2.05, 4.69) is 9.97 Å². The Morgan fingerprint density at radius 3 is 1.85 bits per heavy atom. The number of hydrogen-bond acceptors (Lipinski definition) is 5. The second-order valence-electron chi connectivity index (χ2n) is 6.52. The molecule has 4 rings (SSSR count). The summed E-state index contributed by atoms with van der Waals surface area (Å²) in [5, 5.41) is 0. The molecule has 134 valence electrons. The van der Waals surface area contributed by atoms with Gasteiger partial charge in [-0.1, -0.05) is 12.1 Å². The number of carbonyl (C=O) groups excluding carboxylic acids is 2. The van der Waals surface area contributed by atoms with E-state index in [9.17, 15) is 9.59 Å². The van der Waals surface area contributed by atoms with Crippen LogP contribution < -0.4 is 9.80 Å².